The van der Waals surface area contributed by atoms with E-state index in [1.807, 2.05) is 11.3 Å². The van der Waals surface area contributed by atoms with Crippen LogP contribution in [0.4, 0.5) is 0 Å². The van der Waals surface area contributed by atoms with E-state index in [1.54, 1.807) is 0 Å². The standard InChI is InChI=1S/C12H19BrN2S.2ClH/c1-2-3-11(12-10(13)4-9-16-12)15-7-5-14-6-8-15;;/h4,9,11,14H,2-3,5-8H2,1H3;2*1H/t11-;;/m1../s1. The van der Waals surface area contributed by atoms with Gasteiger partial charge in [0.15, 0.2) is 0 Å². The summed E-state index contributed by atoms with van der Waals surface area (Å²) in [7, 11) is 0. The number of hydrogen-bond donors (Lipinski definition) is 1. The second-order valence-electron chi connectivity index (χ2n) is 4.22. The number of rotatable bonds is 4. The summed E-state index contributed by atoms with van der Waals surface area (Å²) in [4.78, 5) is 4.13. The molecular weight excluding hydrogens is 355 g/mol. The number of nitrogens with one attached hydrogen (secondary N) is 1. The van der Waals surface area contributed by atoms with Crippen LogP contribution in [0.3, 0.4) is 0 Å². The molecule has 2 heterocycles. The number of halogens is 3. The van der Waals surface area contributed by atoms with Crippen LogP contribution in [-0.2, 0) is 0 Å². The first-order chi connectivity index (χ1) is 7.83. The second-order valence-corrected chi connectivity index (χ2v) is 6.03. The third-order valence-corrected chi connectivity index (χ3v) is 5.07. The molecular formula is C12H21BrCl2N2S. The van der Waals surface area contributed by atoms with Crippen LogP contribution in [-0.4, -0.2) is 31.1 Å². The molecule has 0 saturated carbocycles. The summed E-state index contributed by atoms with van der Waals surface area (Å²) in [6.45, 7) is 6.88. The van der Waals surface area contributed by atoms with Crippen LogP contribution >= 0.6 is 52.1 Å². The van der Waals surface area contributed by atoms with Gasteiger partial charge in [-0.25, -0.2) is 0 Å². The van der Waals surface area contributed by atoms with Crippen molar-refractivity contribution in [3.05, 3.63) is 20.8 Å². The molecule has 0 amide bonds. The lowest BCUT2D eigenvalue weighted by Gasteiger charge is -2.34. The van der Waals surface area contributed by atoms with Crippen LogP contribution in [0.5, 0.6) is 0 Å². The summed E-state index contributed by atoms with van der Waals surface area (Å²) in [5, 5.41) is 5.61. The molecule has 0 spiro atoms. The molecule has 0 aliphatic carbocycles. The van der Waals surface area contributed by atoms with Crippen molar-refractivity contribution in [2.24, 2.45) is 0 Å². The number of thiophene rings is 1. The van der Waals surface area contributed by atoms with E-state index in [4.69, 9.17) is 0 Å². The maximum absolute atomic E-state index is 3.67. The largest absolute Gasteiger partial charge is 0.314 e. The van der Waals surface area contributed by atoms with Gasteiger partial charge >= 0.3 is 0 Å². The van der Waals surface area contributed by atoms with E-state index in [2.05, 4.69) is 44.5 Å². The summed E-state index contributed by atoms with van der Waals surface area (Å²) in [5.41, 5.74) is 0. The summed E-state index contributed by atoms with van der Waals surface area (Å²) < 4.78 is 1.29. The first-order valence-corrected chi connectivity index (χ1v) is 7.68. The predicted octanol–water partition coefficient (Wildman–Crippen LogP) is 4.10. The Bertz CT molecular complexity index is 330. The molecule has 1 saturated heterocycles. The number of nitrogens with zero attached hydrogens (tertiary/aromatic N) is 1. The average molecular weight is 376 g/mol. The zero-order valence-electron chi connectivity index (χ0n) is 10.5. The summed E-state index contributed by atoms with van der Waals surface area (Å²) >= 11 is 5.55. The van der Waals surface area contributed by atoms with E-state index in [0.717, 1.165) is 13.1 Å². The van der Waals surface area contributed by atoms with Gasteiger partial charge in [0, 0.05) is 41.6 Å². The molecule has 0 radical (unpaired) electrons. The van der Waals surface area contributed by atoms with Gasteiger partial charge in [-0.15, -0.1) is 36.2 Å². The van der Waals surface area contributed by atoms with Gasteiger partial charge in [0.2, 0.25) is 0 Å². The van der Waals surface area contributed by atoms with Gasteiger partial charge in [0.25, 0.3) is 0 Å². The van der Waals surface area contributed by atoms with Crippen LogP contribution in [0.15, 0.2) is 15.9 Å². The molecule has 1 aliphatic heterocycles. The molecule has 1 aliphatic rings. The van der Waals surface area contributed by atoms with Crippen molar-refractivity contribution < 1.29 is 0 Å². The zero-order valence-corrected chi connectivity index (χ0v) is 14.6. The molecule has 1 aromatic rings. The molecule has 6 heteroatoms. The Labute approximate surface area is 134 Å². The average Bonchev–Trinajstić information content (AvgIpc) is 2.73. The fraction of sp³-hybridized carbons (Fsp3) is 0.667. The lowest BCUT2D eigenvalue weighted by atomic mass is 10.1. The molecule has 0 bridgehead atoms. The van der Waals surface area contributed by atoms with Crippen molar-refractivity contribution in [2.75, 3.05) is 26.2 Å². The Morgan fingerprint density at radius 3 is 2.56 bits per heavy atom. The highest BCUT2D eigenvalue weighted by molar-refractivity contribution is 9.10. The minimum Gasteiger partial charge on any atom is -0.314 e. The Morgan fingerprint density at radius 1 is 1.39 bits per heavy atom. The smallest absolute Gasteiger partial charge is 0.0453 e. The van der Waals surface area contributed by atoms with Crippen LogP contribution in [0.2, 0.25) is 0 Å². The maximum Gasteiger partial charge on any atom is 0.0453 e. The fourth-order valence-corrected chi connectivity index (χ4v) is 4.10. The third-order valence-electron chi connectivity index (χ3n) is 3.10. The highest BCUT2D eigenvalue weighted by Crippen LogP contribution is 2.35. The maximum atomic E-state index is 3.67. The van der Waals surface area contributed by atoms with E-state index in [1.165, 1.54) is 35.3 Å². The number of piperazine rings is 1. The quantitative estimate of drug-likeness (QED) is 0.851. The van der Waals surface area contributed by atoms with Gasteiger partial charge in [-0.2, -0.15) is 0 Å². The summed E-state index contributed by atoms with van der Waals surface area (Å²) in [6, 6.07) is 2.78. The van der Waals surface area contributed by atoms with Crippen LogP contribution in [0, 0.1) is 0 Å². The number of hydrogen-bond acceptors (Lipinski definition) is 3. The Kier molecular flexibility index (Phi) is 9.92. The van der Waals surface area contributed by atoms with Crippen LogP contribution in [0.25, 0.3) is 0 Å². The van der Waals surface area contributed by atoms with Gasteiger partial charge < -0.3 is 5.32 Å². The van der Waals surface area contributed by atoms with Crippen molar-refractivity contribution >= 4 is 52.1 Å². The van der Waals surface area contributed by atoms with E-state index >= 15 is 0 Å². The van der Waals surface area contributed by atoms with Gasteiger partial charge in [0.1, 0.15) is 0 Å². The molecule has 0 unspecified atom stereocenters. The molecule has 18 heavy (non-hydrogen) atoms. The minimum atomic E-state index is 0. The van der Waals surface area contributed by atoms with Crippen molar-refractivity contribution in [3.8, 4) is 0 Å². The van der Waals surface area contributed by atoms with Crippen LogP contribution in [0.1, 0.15) is 30.7 Å². The van der Waals surface area contributed by atoms with E-state index in [9.17, 15) is 0 Å². The molecule has 1 N–H and O–H groups in total. The lowest BCUT2D eigenvalue weighted by Crippen LogP contribution is -2.45. The minimum absolute atomic E-state index is 0. The fourth-order valence-electron chi connectivity index (χ4n) is 2.29. The second kappa shape index (κ2) is 9.56. The predicted molar refractivity (Wildman–Crippen MR) is 88.6 cm³/mol. The summed E-state index contributed by atoms with van der Waals surface area (Å²) in [5.74, 6) is 0. The van der Waals surface area contributed by atoms with Crippen molar-refractivity contribution in [1.29, 1.82) is 0 Å². The van der Waals surface area contributed by atoms with Gasteiger partial charge in [0.05, 0.1) is 0 Å². The van der Waals surface area contributed by atoms with Gasteiger partial charge in [-0.05, 0) is 33.8 Å². The normalized spacial score (nSPS) is 17.7. The van der Waals surface area contributed by atoms with Gasteiger partial charge in [-0.1, -0.05) is 13.3 Å². The Hall–Kier alpha value is 0.680. The SMILES string of the molecule is CCC[C@H](c1sccc1Br)N1CCNCC1.Cl.Cl. The first kappa shape index (κ1) is 18.7. The lowest BCUT2D eigenvalue weighted by molar-refractivity contribution is 0.166. The zero-order chi connectivity index (χ0) is 11.4. The molecule has 2 rings (SSSR count). The van der Waals surface area contributed by atoms with Gasteiger partial charge in [-0.3, -0.25) is 4.90 Å². The summed E-state index contributed by atoms with van der Waals surface area (Å²) in [6.07, 6.45) is 2.51. The molecule has 1 aromatic heterocycles. The van der Waals surface area contributed by atoms with Crippen LogP contribution < -0.4 is 5.32 Å². The molecule has 0 aromatic carbocycles. The Morgan fingerprint density at radius 2 is 2.06 bits per heavy atom. The molecule has 1 fully saturated rings. The Balaban J connectivity index is 0.00000144. The van der Waals surface area contributed by atoms with Crippen molar-refractivity contribution in [2.45, 2.75) is 25.8 Å². The van der Waals surface area contributed by atoms with Crippen molar-refractivity contribution in [3.63, 3.8) is 0 Å². The van der Waals surface area contributed by atoms with E-state index in [-0.39, 0.29) is 24.8 Å². The van der Waals surface area contributed by atoms with E-state index in [0.29, 0.717) is 6.04 Å². The molecule has 106 valence electrons. The highest BCUT2D eigenvalue weighted by Gasteiger charge is 2.23. The first-order valence-electron chi connectivity index (χ1n) is 6.00. The molecule has 2 nitrogen and oxygen atoms in total. The highest BCUT2D eigenvalue weighted by atomic mass is 79.9. The molecule has 1 atom stereocenters. The monoisotopic (exact) mass is 374 g/mol. The third kappa shape index (κ3) is 4.66. The van der Waals surface area contributed by atoms with E-state index < -0.39 is 0 Å². The van der Waals surface area contributed by atoms with Crippen molar-refractivity contribution in [1.82, 2.24) is 10.2 Å². The topological polar surface area (TPSA) is 15.3 Å².